The van der Waals surface area contributed by atoms with Crippen molar-refractivity contribution in [1.29, 1.82) is 0 Å². The predicted octanol–water partition coefficient (Wildman–Crippen LogP) is 3.81. The van der Waals surface area contributed by atoms with Crippen LogP contribution >= 0.6 is 23.2 Å². The van der Waals surface area contributed by atoms with Crippen LogP contribution in [0.1, 0.15) is 10.6 Å². The van der Waals surface area contributed by atoms with Crippen LogP contribution in [0.4, 0.5) is 0 Å². The van der Waals surface area contributed by atoms with Gasteiger partial charge in [0.05, 0.1) is 16.3 Å². The predicted molar refractivity (Wildman–Crippen MR) is 60.1 cm³/mol. The standard InChI is InChI=1S/C11H6Cl2O3/c12-8-4-3-7(6-9(8)13)16-11(14)10-2-1-5-15-10/h1-6H. The molecule has 0 atom stereocenters. The number of esters is 1. The molecule has 0 amide bonds. The van der Waals surface area contributed by atoms with E-state index in [1.165, 1.54) is 18.4 Å². The molecule has 1 aromatic heterocycles. The highest BCUT2D eigenvalue weighted by Crippen LogP contribution is 2.26. The van der Waals surface area contributed by atoms with E-state index in [-0.39, 0.29) is 5.76 Å². The van der Waals surface area contributed by atoms with Gasteiger partial charge >= 0.3 is 5.97 Å². The zero-order chi connectivity index (χ0) is 11.5. The molecule has 0 radical (unpaired) electrons. The van der Waals surface area contributed by atoms with E-state index in [0.29, 0.717) is 15.8 Å². The van der Waals surface area contributed by atoms with E-state index < -0.39 is 5.97 Å². The molecule has 2 rings (SSSR count). The number of carbonyl (C=O) groups is 1. The summed E-state index contributed by atoms with van der Waals surface area (Å²) in [4.78, 5) is 11.5. The van der Waals surface area contributed by atoms with Crippen LogP contribution < -0.4 is 4.74 Å². The van der Waals surface area contributed by atoms with E-state index in [4.69, 9.17) is 32.4 Å². The van der Waals surface area contributed by atoms with Crippen molar-refractivity contribution in [3.8, 4) is 5.75 Å². The second kappa shape index (κ2) is 4.60. The Morgan fingerprint density at radius 2 is 2.00 bits per heavy atom. The number of benzene rings is 1. The van der Waals surface area contributed by atoms with Gasteiger partial charge in [-0.05, 0) is 24.3 Å². The van der Waals surface area contributed by atoms with Gasteiger partial charge in [0.2, 0.25) is 5.76 Å². The maximum absolute atomic E-state index is 11.5. The monoisotopic (exact) mass is 256 g/mol. The van der Waals surface area contributed by atoms with E-state index in [9.17, 15) is 4.79 Å². The van der Waals surface area contributed by atoms with Gasteiger partial charge in [-0.3, -0.25) is 0 Å². The summed E-state index contributed by atoms with van der Waals surface area (Å²) >= 11 is 11.5. The molecule has 0 aliphatic heterocycles. The molecule has 0 fully saturated rings. The molecule has 2 aromatic rings. The molecule has 5 heteroatoms. The molecule has 0 saturated heterocycles. The molecule has 0 unspecified atom stereocenters. The van der Waals surface area contributed by atoms with Crippen molar-refractivity contribution in [2.24, 2.45) is 0 Å². The van der Waals surface area contributed by atoms with Gasteiger partial charge in [0, 0.05) is 6.07 Å². The van der Waals surface area contributed by atoms with Crippen LogP contribution in [0.3, 0.4) is 0 Å². The molecule has 0 aliphatic carbocycles. The van der Waals surface area contributed by atoms with Gasteiger partial charge in [-0.15, -0.1) is 0 Å². The van der Waals surface area contributed by atoms with Crippen LogP contribution in [0.5, 0.6) is 5.75 Å². The van der Waals surface area contributed by atoms with Gasteiger partial charge in [0.1, 0.15) is 5.75 Å². The first-order valence-corrected chi connectivity index (χ1v) is 5.13. The van der Waals surface area contributed by atoms with Crippen molar-refractivity contribution in [2.45, 2.75) is 0 Å². The Kier molecular flexibility index (Phi) is 3.17. The zero-order valence-electron chi connectivity index (χ0n) is 7.94. The van der Waals surface area contributed by atoms with Gasteiger partial charge < -0.3 is 9.15 Å². The summed E-state index contributed by atoms with van der Waals surface area (Å²) in [7, 11) is 0. The normalized spacial score (nSPS) is 10.1. The molecule has 0 bridgehead atoms. The number of hydrogen-bond donors (Lipinski definition) is 0. The van der Waals surface area contributed by atoms with Crippen LogP contribution in [0, 0.1) is 0 Å². The fraction of sp³-hybridized carbons (Fsp3) is 0. The van der Waals surface area contributed by atoms with Crippen molar-refractivity contribution in [2.75, 3.05) is 0 Å². The third kappa shape index (κ3) is 2.38. The Hall–Kier alpha value is -1.45. The number of carbonyl (C=O) groups excluding carboxylic acids is 1. The molecule has 3 nitrogen and oxygen atoms in total. The van der Waals surface area contributed by atoms with Gasteiger partial charge in [0.15, 0.2) is 0 Å². The number of furan rings is 1. The topological polar surface area (TPSA) is 39.4 Å². The van der Waals surface area contributed by atoms with Gasteiger partial charge in [-0.1, -0.05) is 23.2 Å². The molecular formula is C11H6Cl2O3. The van der Waals surface area contributed by atoms with Crippen molar-refractivity contribution in [3.05, 3.63) is 52.4 Å². The largest absolute Gasteiger partial charge is 0.457 e. The van der Waals surface area contributed by atoms with Crippen molar-refractivity contribution < 1.29 is 13.9 Å². The Morgan fingerprint density at radius 3 is 2.62 bits per heavy atom. The highest BCUT2D eigenvalue weighted by Gasteiger charge is 2.11. The molecule has 0 spiro atoms. The summed E-state index contributed by atoms with van der Waals surface area (Å²) in [5, 5.41) is 0.728. The van der Waals surface area contributed by atoms with Crippen LogP contribution in [0.2, 0.25) is 10.0 Å². The van der Waals surface area contributed by atoms with E-state index in [1.54, 1.807) is 18.2 Å². The number of ether oxygens (including phenoxy) is 1. The molecule has 16 heavy (non-hydrogen) atoms. The maximum Gasteiger partial charge on any atom is 0.379 e. The van der Waals surface area contributed by atoms with Crippen molar-refractivity contribution in [1.82, 2.24) is 0 Å². The molecule has 0 aliphatic rings. The van der Waals surface area contributed by atoms with E-state index in [2.05, 4.69) is 0 Å². The quantitative estimate of drug-likeness (QED) is 0.606. The minimum absolute atomic E-state index is 0.131. The minimum Gasteiger partial charge on any atom is -0.457 e. The summed E-state index contributed by atoms with van der Waals surface area (Å²) in [5.41, 5.74) is 0. The number of hydrogen-bond acceptors (Lipinski definition) is 3. The molecule has 1 aromatic carbocycles. The molecule has 0 N–H and O–H groups in total. The molecule has 1 heterocycles. The molecule has 82 valence electrons. The fourth-order valence-electron chi connectivity index (χ4n) is 1.09. The molecule has 0 saturated carbocycles. The lowest BCUT2D eigenvalue weighted by molar-refractivity contribution is 0.0701. The first kappa shape index (κ1) is 11.0. The highest BCUT2D eigenvalue weighted by molar-refractivity contribution is 6.42. The molecular weight excluding hydrogens is 251 g/mol. The minimum atomic E-state index is -0.580. The zero-order valence-corrected chi connectivity index (χ0v) is 9.46. The first-order chi connectivity index (χ1) is 7.66. The lowest BCUT2D eigenvalue weighted by Crippen LogP contribution is -2.06. The van der Waals surface area contributed by atoms with Gasteiger partial charge in [-0.25, -0.2) is 4.79 Å². The van der Waals surface area contributed by atoms with Crippen molar-refractivity contribution in [3.63, 3.8) is 0 Å². The second-order valence-electron chi connectivity index (χ2n) is 2.94. The van der Waals surface area contributed by atoms with E-state index in [0.717, 1.165) is 0 Å². The Morgan fingerprint density at radius 1 is 1.19 bits per heavy atom. The van der Waals surface area contributed by atoms with Crippen LogP contribution in [0.15, 0.2) is 41.0 Å². The fourth-order valence-corrected chi connectivity index (χ4v) is 1.38. The Bertz CT molecular complexity index is 506. The summed E-state index contributed by atoms with van der Waals surface area (Å²) in [6.07, 6.45) is 1.39. The Balaban J connectivity index is 2.15. The number of halogens is 2. The maximum atomic E-state index is 11.5. The summed E-state index contributed by atoms with van der Waals surface area (Å²) < 4.78 is 9.91. The van der Waals surface area contributed by atoms with Gasteiger partial charge in [-0.2, -0.15) is 0 Å². The Labute approximate surface area is 102 Å². The van der Waals surface area contributed by atoms with E-state index >= 15 is 0 Å². The third-order valence-electron chi connectivity index (χ3n) is 1.82. The van der Waals surface area contributed by atoms with Crippen LogP contribution in [-0.2, 0) is 0 Å². The van der Waals surface area contributed by atoms with Gasteiger partial charge in [0.25, 0.3) is 0 Å². The number of rotatable bonds is 2. The smallest absolute Gasteiger partial charge is 0.379 e. The highest BCUT2D eigenvalue weighted by atomic mass is 35.5. The second-order valence-corrected chi connectivity index (χ2v) is 3.76. The average Bonchev–Trinajstić information content (AvgIpc) is 2.77. The average molecular weight is 257 g/mol. The lowest BCUT2D eigenvalue weighted by Gasteiger charge is -2.03. The lowest BCUT2D eigenvalue weighted by atomic mass is 10.3. The summed E-state index contributed by atoms with van der Waals surface area (Å²) in [6.45, 7) is 0. The SMILES string of the molecule is O=C(Oc1ccc(Cl)c(Cl)c1)c1ccco1. The summed E-state index contributed by atoms with van der Waals surface area (Å²) in [6, 6.07) is 7.68. The van der Waals surface area contributed by atoms with Crippen molar-refractivity contribution >= 4 is 29.2 Å². The van der Waals surface area contributed by atoms with Crippen LogP contribution in [0.25, 0.3) is 0 Å². The third-order valence-corrected chi connectivity index (χ3v) is 2.56. The first-order valence-electron chi connectivity index (χ1n) is 4.37. The summed E-state index contributed by atoms with van der Waals surface area (Å²) in [5.74, 6) is -0.134. The van der Waals surface area contributed by atoms with E-state index in [1.807, 2.05) is 0 Å². The van der Waals surface area contributed by atoms with Crippen LogP contribution in [-0.4, -0.2) is 5.97 Å².